The fourth-order valence-corrected chi connectivity index (χ4v) is 2.10. The van der Waals surface area contributed by atoms with E-state index < -0.39 is 11.6 Å². The zero-order valence-corrected chi connectivity index (χ0v) is 14.8. The van der Waals surface area contributed by atoms with Crippen molar-refractivity contribution >= 4 is 18.1 Å². The van der Waals surface area contributed by atoms with Crippen LogP contribution in [0, 0.1) is 0 Å². The minimum Gasteiger partial charge on any atom is -0.497 e. The van der Waals surface area contributed by atoms with Crippen LogP contribution in [-0.2, 0) is 4.79 Å². The first kappa shape index (κ1) is 18.4. The molecule has 0 heterocycles. The molecule has 2 rings (SSSR count). The summed E-state index contributed by atoms with van der Waals surface area (Å²) in [5.74, 6) is 0.938. The average molecular weight is 342 g/mol. The van der Waals surface area contributed by atoms with Crippen molar-refractivity contribution in [1.29, 1.82) is 0 Å². The van der Waals surface area contributed by atoms with Crippen LogP contribution in [0.15, 0.2) is 42.5 Å². The molecule has 1 N–H and O–H groups in total. The van der Waals surface area contributed by atoms with Crippen LogP contribution in [0.1, 0.15) is 25.0 Å². The number of hydrogen-bond acceptors (Lipinski definition) is 4. The first-order chi connectivity index (χ1) is 11.8. The number of carbonyl (C=O) groups is 1. The zero-order chi connectivity index (χ0) is 18.4. The van der Waals surface area contributed by atoms with Gasteiger partial charge in [-0.15, -0.1) is 0 Å². The quantitative estimate of drug-likeness (QED) is 0.767. The predicted octanol–water partition coefficient (Wildman–Crippen LogP) is 4.12. The fraction of sp³-hybridized carbons (Fsp3) is 0.250. The number of aliphatic carboxylic acids is 1. The lowest BCUT2D eigenvalue weighted by Crippen LogP contribution is -2.37. The van der Waals surface area contributed by atoms with Gasteiger partial charge in [-0.3, -0.25) is 0 Å². The molecule has 132 valence electrons. The molecule has 0 aliphatic rings. The van der Waals surface area contributed by atoms with E-state index >= 15 is 0 Å². The highest BCUT2D eigenvalue weighted by Crippen LogP contribution is 2.24. The van der Waals surface area contributed by atoms with E-state index in [9.17, 15) is 4.79 Å². The second-order valence-electron chi connectivity index (χ2n) is 5.97. The molecular formula is C20H22O5. The smallest absolute Gasteiger partial charge is 0.347 e. The highest BCUT2D eigenvalue weighted by molar-refractivity contribution is 5.77. The summed E-state index contributed by atoms with van der Waals surface area (Å²) in [6.07, 6.45) is 3.89. The molecule has 0 bridgehead atoms. The normalized spacial score (nSPS) is 11.4. The largest absolute Gasteiger partial charge is 0.497 e. The number of ether oxygens (including phenoxy) is 3. The molecule has 5 heteroatoms. The van der Waals surface area contributed by atoms with Gasteiger partial charge in [0.1, 0.15) is 17.2 Å². The molecule has 0 saturated heterocycles. The molecule has 25 heavy (non-hydrogen) atoms. The first-order valence-electron chi connectivity index (χ1n) is 7.77. The molecule has 0 saturated carbocycles. The van der Waals surface area contributed by atoms with Crippen molar-refractivity contribution < 1.29 is 24.1 Å². The molecule has 0 unspecified atom stereocenters. The van der Waals surface area contributed by atoms with E-state index in [0.717, 1.165) is 22.6 Å². The molecule has 0 spiro atoms. The summed E-state index contributed by atoms with van der Waals surface area (Å²) in [7, 11) is 3.22. The van der Waals surface area contributed by atoms with Gasteiger partial charge < -0.3 is 19.3 Å². The maximum absolute atomic E-state index is 11.1. The van der Waals surface area contributed by atoms with Gasteiger partial charge in [0.2, 0.25) is 0 Å². The van der Waals surface area contributed by atoms with Crippen LogP contribution in [0.5, 0.6) is 17.2 Å². The van der Waals surface area contributed by atoms with E-state index in [1.165, 1.54) is 13.8 Å². The second kappa shape index (κ2) is 7.75. The second-order valence-corrected chi connectivity index (χ2v) is 5.97. The Bertz CT molecular complexity index is 738. The average Bonchev–Trinajstić information content (AvgIpc) is 2.60. The van der Waals surface area contributed by atoms with Crippen LogP contribution < -0.4 is 14.2 Å². The summed E-state index contributed by atoms with van der Waals surface area (Å²) in [5.41, 5.74) is 0.639. The van der Waals surface area contributed by atoms with Crippen LogP contribution in [0.2, 0.25) is 0 Å². The lowest BCUT2D eigenvalue weighted by molar-refractivity contribution is -0.152. The molecule has 0 atom stereocenters. The highest BCUT2D eigenvalue weighted by Gasteiger charge is 2.29. The Kier molecular flexibility index (Phi) is 5.70. The maximum Gasteiger partial charge on any atom is 0.347 e. The third-order valence-electron chi connectivity index (χ3n) is 3.61. The molecule has 0 radical (unpaired) electrons. The topological polar surface area (TPSA) is 65.0 Å². The van der Waals surface area contributed by atoms with Gasteiger partial charge in [0.25, 0.3) is 0 Å². The third-order valence-corrected chi connectivity index (χ3v) is 3.61. The maximum atomic E-state index is 11.1. The summed E-state index contributed by atoms with van der Waals surface area (Å²) in [6.45, 7) is 3.03. The van der Waals surface area contributed by atoms with Crippen molar-refractivity contribution in [3.8, 4) is 17.2 Å². The molecule has 2 aromatic carbocycles. The SMILES string of the molecule is COc1cc(/C=C/c2ccc(OC(C)(C)C(=O)O)cc2)cc(OC)c1. The number of carboxylic acids is 1. The van der Waals surface area contributed by atoms with Gasteiger partial charge in [0.15, 0.2) is 5.60 Å². The Morgan fingerprint density at radius 2 is 1.40 bits per heavy atom. The summed E-state index contributed by atoms with van der Waals surface area (Å²) < 4.78 is 16.0. The molecular weight excluding hydrogens is 320 g/mol. The molecule has 0 amide bonds. The van der Waals surface area contributed by atoms with Crippen molar-refractivity contribution in [1.82, 2.24) is 0 Å². The van der Waals surface area contributed by atoms with Gasteiger partial charge in [0, 0.05) is 6.07 Å². The van der Waals surface area contributed by atoms with Crippen molar-refractivity contribution in [2.45, 2.75) is 19.4 Å². The van der Waals surface area contributed by atoms with E-state index in [1.807, 2.05) is 42.5 Å². The minimum absolute atomic E-state index is 0.507. The van der Waals surface area contributed by atoms with Gasteiger partial charge in [0.05, 0.1) is 14.2 Å². The van der Waals surface area contributed by atoms with Crippen molar-refractivity contribution in [2.75, 3.05) is 14.2 Å². The minimum atomic E-state index is -1.27. The van der Waals surface area contributed by atoms with Crippen LogP contribution in [0.25, 0.3) is 12.2 Å². The number of benzene rings is 2. The van der Waals surface area contributed by atoms with Crippen molar-refractivity contribution in [2.24, 2.45) is 0 Å². The summed E-state index contributed by atoms with van der Waals surface area (Å²) in [4.78, 5) is 11.1. The Balaban J connectivity index is 2.13. The molecule has 2 aromatic rings. The fourth-order valence-electron chi connectivity index (χ4n) is 2.10. The van der Waals surface area contributed by atoms with Crippen molar-refractivity contribution in [3.63, 3.8) is 0 Å². The van der Waals surface area contributed by atoms with Crippen LogP contribution in [0.4, 0.5) is 0 Å². The van der Waals surface area contributed by atoms with Gasteiger partial charge >= 0.3 is 5.97 Å². The Morgan fingerprint density at radius 3 is 1.88 bits per heavy atom. The molecule has 0 aliphatic heterocycles. The summed E-state index contributed by atoms with van der Waals surface area (Å²) >= 11 is 0. The van der Waals surface area contributed by atoms with Gasteiger partial charge in [-0.2, -0.15) is 0 Å². The van der Waals surface area contributed by atoms with Gasteiger partial charge in [-0.25, -0.2) is 4.79 Å². The number of rotatable bonds is 7. The lowest BCUT2D eigenvalue weighted by atomic mass is 10.1. The number of carboxylic acid groups (broad SMARTS) is 1. The van der Waals surface area contributed by atoms with E-state index in [4.69, 9.17) is 19.3 Å². The van der Waals surface area contributed by atoms with Crippen LogP contribution in [0.3, 0.4) is 0 Å². The Hall–Kier alpha value is -2.95. The van der Waals surface area contributed by atoms with E-state index in [-0.39, 0.29) is 0 Å². The van der Waals surface area contributed by atoms with E-state index in [1.54, 1.807) is 26.4 Å². The van der Waals surface area contributed by atoms with Crippen LogP contribution in [-0.4, -0.2) is 30.9 Å². The standard InChI is InChI=1S/C20H22O5/c1-20(2,19(21)22)25-16-9-7-14(8-10-16)5-6-15-11-17(23-3)13-18(12-15)24-4/h5-13H,1-4H3,(H,21,22)/b6-5+. The molecule has 0 aromatic heterocycles. The van der Waals surface area contributed by atoms with Crippen LogP contribution >= 0.6 is 0 Å². The first-order valence-corrected chi connectivity index (χ1v) is 7.77. The highest BCUT2D eigenvalue weighted by atomic mass is 16.5. The molecule has 0 fully saturated rings. The van der Waals surface area contributed by atoms with Gasteiger partial charge in [-0.1, -0.05) is 24.3 Å². The molecule has 0 aliphatic carbocycles. The predicted molar refractivity (Wildman–Crippen MR) is 97.3 cm³/mol. The van der Waals surface area contributed by atoms with E-state index in [0.29, 0.717) is 5.75 Å². The summed E-state index contributed by atoms with van der Waals surface area (Å²) in [5, 5.41) is 9.10. The number of methoxy groups -OCH3 is 2. The Morgan fingerprint density at radius 1 is 0.880 bits per heavy atom. The Labute approximate surface area is 147 Å². The van der Waals surface area contributed by atoms with Gasteiger partial charge in [-0.05, 0) is 49.2 Å². The monoisotopic (exact) mass is 342 g/mol. The van der Waals surface area contributed by atoms with E-state index in [2.05, 4.69) is 0 Å². The van der Waals surface area contributed by atoms with Crippen molar-refractivity contribution in [3.05, 3.63) is 53.6 Å². The molecule has 5 nitrogen and oxygen atoms in total. The zero-order valence-electron chi connectivity index (χ0n) is 14.8. The lowest BCUT2D eigenvalue weighted by Gasteiger charge is -2.21. The number of hydrogen-bond donors (Lipinski definition) is 1. The third kappa shape index (κ3) is 5.01. The summed E-state index contributed by atoms with van der Waals surface area (Å²) in [6, 6.07) is 12.8.